The number of ether oxygens (including phenoxy) is 1. The van der Waals surface area contributed by atoms with E-state index in [1.54, 1.807) is 41.0 Å². The van der Waals surface area contributed by atoms with E-state index in [4.69, 9.17) is 4.74 Å². The molecule has 1 heterocycles. The van der Waals surface area contributed by atoms with Gasteiger partial charge in [0.2, 0.25) is 5.91 Å². The summed E-state index contributed by atoms with van der Waals surface area (Å²) in [4.78, 5) is 41.5. The second-order valence-electron chi connectivity index (χ2n) is 7.61. The number of hydrogen-bond acceptors (Lipinski definition) is 6. The van der Waals surface area contributed by atoms with E-state index in [9.17, 15) is 14.4 Å². The maximum absolute atomic E-state index is 13.0. The number of nitrogens with one attached hydrogen (secondary N) is 1. The monoisotopic (exact) mass is 453 g/mol. The van der Waals surface area contributed by atoms with Crippen molar-refractivity contribution in [1.29, 1.82) is 0 Å². The molecule has 32 heavy (non-hydrogen) atoms. The van der Waals surface area contributed by atoms with Crippen LogP contribution in [0.4, 0.5) is 5.69 Å². The number of benzene rings is 2. The molecule has 0 aliphatic rings. The van der Waals surface area contributed by atoms with E-state index in [1.807, 2.05) is 26.0 Å². The highest BCUT2D eigenvalue weighted by Crippen LogP contribution is 2.19. The second-order valence-corrected chi connectivity index (χ2v) is 8.55. The average molecular weight is 454 g/mol. The Labute approximate surface area is 191 Å². The van der Waals surface area contributed by atoms with Crippen molar-refractivity contribution in [3.8, 4) is 0 Å². The number of anilines is 1. The largest absolute Gasteiger partial charge is 0.379 e. The van der Waals surface area contributed by atoms with Crippen molar-refractivity contribution in [1.82, 2.24) is 9.55 Å². The standard InChI is InChI=1S/C24H27N3O4S/c1-16(2)31-14-6-13-27-23(30)20-7-4-5-8-21(20)26-24(27)32-15-22(29)25-19-11-9-18(10-12-19)17(3)28/h4-5,7-12,16H,6,13-15H2,1-3H3,(H,25,29). The fraction of sp³-hybridized carbons (Fsp3) is 0.333. The fourth-order valence-corrected chi connectivity index (χ4v) is 3.94. The number of aromatic nitrogens is 2. The summed E-state index contributed by atoms with van der Waals surface area (Å²) in [5.74, 6) is -0.151. The molecular formula is C24H27N3O4S. The summed E-state index contributed by atoms with van der Waals surface area (Å²) < 4.78 is 7.21. The molecule has 0 unspecified atom stereocenters. The molecule has 1 aromatic heterocycles. The minimum atomic E-state index is -0.220. The van der Waals surface area contributed by atoms with Crippen LogP contribution in [0, 0.1) is 0 Å². The molecule has 1 amide bonds. The smallest absolute Gasteiger partial charge is 0.262 e. The molecule has 8 heteroatoms. The van der Waals surface area contributed by atoms with Crippen molar-refractivity contribution < 1.29 is 14.3 Å². The van der Waals surface area contributed by atoms with Crippen LogP contribution in [0.25, 0.3) is 10.9 Å². The summed E-state index contributed by atoms with van der Waals surface area (Å²) in [6, 6.07) is 13.9. The molecule has 0 aliphatic carbocycles. The van der Waals surface area contributed by atoms with E-state index in [0.717, 1.165) is 0 Å². The molecule has 168 valence electrons. The third kappa shape index (κ3) is 6.27. The number of carbonyl (C=O) groups excluding carboxylic acids is 2. The van der Waals surface area contributed by atoms with Crippen LogP contribution in [0.2, 0.25) is 0 Å². The van der Waals surface area contributed by atoms with E-state index in [2.05, 4.69) is 10.3 Å². The normalized spacial score (nSPS) is 11.1. The summed E-state index contributed by atoms with van der Waals surface area (Å²) >= 11 is 1.22. The summed E-state index contributed by atoms with van der Waals surface area (Å²) in [6.07, 6.45) is 0.795. The van der Waals surface area contributed by atoms with Gasteiger partial charge in [0.1, 0.15) is 0 Å². The third-order valence-corrected chi connectivity index (χ3v) is 5.69. The summed E-state index contributed by atoms with van der Waals surface area (Å²) in [5, 5.41) is 3.86. The molecule has 0 saturated carbocycles. The second kappa shape index (κ2) is 11.1. The number of rotatable bonds is 10. The molecule has 0 aliphatic heterocycles. The Morgan fingerprint density at radius 1 is 1.12 bits per heavy atom. The van der Waals surface area contributed by atoms with Gasteiger partial charge in [-0.05, 0) is 63.6 Å². The highest BCUT2D eigenvalue weighted by molar-refractivity contribution is 7.99. The van der Waals surface area contributed by atoms with E-state index >= 15 is 0 Å². The van der Waals surface area contributed by atoms with E-state index < -0.39 is 0 Å². The lowest BCUT2D eigenvalue weighted by Crippen LogP contribution is -2.25. The summed E-state index contributed by atoms with van der Waals surface area (Å²) in [7, 11) is 0. The first-order chi connectivity index (χ1) is 15.3. The van der Waals surface area contributed by atoms with Crippen LogP contribution in [-0.2, 0) is 16.1 Å². The molecule has 7 nitrogen and oxygen atoms in total. The van der Waals surface area contributed by atoms with E-state index in [1.165, 1.54) is 18.7 Å². The van der Waals surface area contributed by atoms with Crippen molar-refractivity contribution in [3.05, 3.63) is 64.4 Å². The molecule has 2 aromatic carbocycles. The highest BCUT2D eigenvalue weighted by Gasteiger charge is 2.13. The molecule has 0 saturated heterocycles. The summed E-state index contributed by atoms with van der Waals surface area (Å²) in [6.45, 7) is 6.43. The van der Waals surface area contributed by atoms with Gasteiger partial charge in [-0.15, -0.1) is 0 Å². The average Bonchev–Trinajstić information content (AvgIpc) is 2.77. The van der Waals surface area contributed by atoms with Crippen LogP contribution < -0.4 is 10.9 Å². The minimum Gasteiger partial charge on any atom is -0.379 e. The molecule has 3 rings (SSSR count). The molecule has 0 radical (unpaired) electrons. The van der Waals surface area contributed by atoms with Crippen molar-refractivity contribution in [2.75, 3.05) is 17.7 Å². The molecule has 0 fully saturated rings. The number of fused-ring (bicyclic) bond motifs is 1. The van der Waals surface area contributed by atoms with Gasteiger partial charge in [-0.1, -0.05) is 23.9 Å². The predicted molar refractivity (Wildman–Crippen MR) is 128 cm³/mol. The lowest BCUT2D eigenvalue weighted by molar-refractivity contribution is -0.113. The minimum absolute atomic E-state index is 0.0300. The lowest BCUT2D eigenvalue weighted by atomic mass is 10.1. The maximum atomic E-state index is 13.0. The van der Waals surface area contributed by atoms with Gasteiger partial charge in [-0.3, -0.25) is 19.0 Å². The van der Waals surface area contributed by atoms with E-state index in [0.29, 0.717) is 46.9 Å². The Balaban J connectivity index is 1.72. The van der Waals surface area contributed by atoms with E-state index in [-0.39, 0.29) is 29.1 Å². The Bertz CT molecular complexity index is 1160. The SMILES string of the molecule is CC(=O)c1ccc(NC(=O)CSc2nc3ccccc3c(=O)n2CCCOC(C)C)cc1. The molecule has 0 bridgehead atoms. The fourth-order valence-electron chi connectivity index (χ4n) is 3.11. The number of nitrogens with zero attached hydrogens (tertiary/aromatic N) is 2. The molecular weight excluding hydrogens is 426 g/mol. The topological polar surface area (TPSA) is 90.3 Å². The molecule has 0 atom stereocenters. The zero-order valence-electron chi connectivity index (χ0n) is 18.5. The van der Waals surface area contributed by atoms with Crippen LogP contribution in [0.3, 0.4) is 0 Å². The van der Waals surface area contributed by atoms with Crippen molar-refractivity contribution in [2.45, 2.75) is 45.0 Å². The molecule has 0 spiro atoms. The first kappa shape index (κ1) is 23.7. The number of para-hydroxylation sites is 1. The number of Topliss-reactive ketones (excluding diaryl/α,β-unsaturated/α-hetero) is 1. The zero-order chi connectivity index (χ0) is 23.1. The van der Waals surface area contributed by atoms with Crippen LogP contribution in [0.1, 0.15) is 37.6 Å². The first-order valence-corrected chi connectivity index (χ1v) is 11.5. The summed E-state index contributed by atoms with van der Waals surface area (Å²) in [5.41, 5.74) is 1.68. The number of amides is 1. The number of hydrogen-bond donors (Lipinski definition) is 1. The van der Waals surface area contributed by atoms with Gasteiger partial charge < -0.3 is 10.1 Å². The van der Waals surface area contributed by atoms with Crippen LogP contribution in [0.5, 0.6) is 0 Å². The zero-order valence-corrected chi connectivity index (χ0v) is 19.3. The number of thioether (sulfide) groups is 1. The molecule has 1 N–H and O–H groups in total. The Hall–Kier alpha value is -2.97. The quantitative estimate of drug-likeness (QED) is 0.215. The Morgan fingerprint density at radius 3 is 2.53 bits per heavy atom. The van der Waals surface area contributed by atoms with Crippen molar-refractivity contribution in [2.24, 2.45) is 0 Å². The van der Waals surface area contributed by atoms with Crippen LogP contribution in [0.15, 0.2) is 58.5 Å². The van der Waals surface area contributed by atoms with Gasteiger partial charge in [0.15, 0.2) is 10.9 Å². The van der Waals surface area contributed by atoms with Gasteiger partial charge in [0.25, 0.3) is 5.56 Å². The predicted octanol–water partition coefficient (Wildman–Crippen LogP) is 4.15. The van der Waals surface area contributed by atoms with Crippen molar-refractivity contribution >= 4 is 40.0 Å². The van der Waals surface area contributed by atoms with Crippen LogP contribution in [-0.4, -0.2) is 39.7 Å². The molecule has 3 aromatic rings. The van der Waals surface area contributed by atoms with Gasteiger partial charge in [-0.25, -0.2) is 4.98 Å². The lowest BCUT2D eigenvalue weighted by Gasteiger charge is -2.14. The first-order valence-electron chi connectivity index (χ1n) is 10.5. The van der Waals surface area contributed by atoms with Gasteiger partial charge in [-0.2, -0.15) is 0 Å². The highest BCUT2D eigenvalue weighted by atomic mass is 32.2. The third-order valence-electron chi connectivity index (χ3n) is 4.71. The number of ketones is 1. The Kier molecular flexibility index (Phi) is 8.19. The number of carbonyl (C=O) groups is 2. The van der Waals surface area contributed by atoms with Gasteiger partial charge in [0.05, 0.1) is 22.8 Å². The van der Waals surface area contributed by atoms with Gasteiger partial charge >= 0.3 is 0 Å². The van der Waals surface area contributed by atoms with Crippen LogP contribution >= 0.6 is 11.8 Å². The maximum Gasteiger partial charge on any atom is 0.262 e. The Morgan fingerprint density at radius 2 is 1.84 bits per heavy atom. The van der Waals surface area contributed by atoms with Crippen molar-refractivity contribution in [3.63, 3.8) is 0 Å². The van der Waals surface area contributed by atoms with Gasteiger partial charge in [0, 0.05) is 24.4 Å².